The van der Waals surface area contributed by atoms with Crippen LogP contribution in [0.15, 0.2) is 53.7 Å². The van der Waals surface area contributed by atoms with Crippen molar-refractivity contribution >= 4 is 21.7 Å². The highest BCUT2D eigenvalue weighted by atomic mass is 32.2. The maximum absolute atomic E-state index is 13.1. The molecule has 43 heavy (non-hydrogen) atoms. The van der Waals surface area contributed by atoms with Crippen LogP contribution in [0.2, 0.25) is 0 Å². The fraction of sp³-hybridized carbons (Fsp3) is 0.438. The molecule has 1 aliphatic carbocycles. The van der Waals surface area contributed by atoms with Gasteiger partial charge in [0.1, 0.15) is 18.0 Å². The number of aryl methyl sites for hydroxylation is 2. The number of amides is 1. The summed E-state index contributed by atoms with van der Waals surface area (Å²) in [5, 5.41) is 9.31. The van der Waals surface area contributed by atoms with Crippen LogP contribution in [0, 0.1) is 18.3 Å². The molecule has 3 aliphatic rings. The average Bonchev–Trinajstić information content (AvgIpc) is 2.99. The van der Waals surface area contributed by atoms with Crippen LogP contribution in [-0.4, -0.2) is 61.3 Å². The van der Waals surface area contributed by atoms with E-state index in [0.717, 1.165) is 48.6 Å². The third-order valence-electron chi connectivity index (χ3n) is 8.72. The predicted octanol–water partition coefficient (Wildman–Crippen LogP) is 4.49. The zero-order chi connectivity index (χ0) is 30.2. The molecule has 3 aromatic rings. The van der Waals surface area contributed by atoms with Gasteiger partial charge >= 0.3 is 6.09 Å². The highest BCUT2D eigenvalue weighted by Gasteiger charge is 2.45. The van der Waals surface area contributed by atoms with Crippen molar-refractivity contribution in [3.63, 3.8) is 0 Å². The lowest BCUT2D eigenvalue weighted by atomic mass is 9.73. The molecule has 1 unspecified atom stereocenters. The molecule has 1 fully saturated rings. The fourth-order valence-electron chi connectivity index (χ4n) is 6.73. The van der Waals surface area contributed by atoms with Crippen molar-refractivity contribution in [3.05, 3.63) is 76.3 Å². The summed E-state index contributed by atoms with van der Waals surface area (Å²) in [6.07, 6.45) is 4.82. The Labute approximate surface area is 252 Å². The average molecular weight is 602 g/mol. The molecule has 1 amide bonds. The maximum Gasteiger partial charge on any atom is 0.410 e. The van der Waals surface area contributed by atoms with Gasteiger partial charge in [-0.25, -0.2) is 18.2 Å². The topological polar surface area (TPSA) is 126 Å². The molecule has 0 radical (unpaired) electrons. The highest BCUT2D eigenvalue weighted by molar-refractivity contribution is 7.90. The van der Waals surface area contributed by atoms with Crippen LogP contribution >= 0.6 is 0 Å². The van der Waals surface area contributed by atoms with Gasteiger partial charge in [-0.05, 0) is 55.7 Å². The van der Waals surface area contributed by atoms with E-state index in [9.17, 15) is 18.5 Å². The van der Waals surface area contributed by atoms with Gasteiger partial charge in [0.2, 0.25) is 15.7 Å². The van der Waals surface area contributed by atoms with Crippen LogP contribution in [0.4, 0.5) is 10.6 Å². The van der Waals surface area contributed by atoms with Gasteiger partial charge in [-0.1, -0.05) is 48.5 Å². The number of piperazine rings is 1. The van der Waals surface area contributed by atoms with Crippen molar-refractivity contribution < 1.29 is 22.7 Å². The first-order chi connectivity index (χ1) is 20.7. The fourth-order valence-corrected chi connectivity index (χ4v) is 7.23. The Morgan fingerprint density at radius 3 is 2.70 bits per heavy atom. The molecule has 0 bridgehead atoms. The number of sulfone groups is 1. The number of rotatable bonds is 5. The van der Waals surface area contributed by atoms with Crippen LogP contribution in [0.3, 0.4) is 0 Å². The first kappa shape index (κ1) is 28.9. The van der Waals surface area contributed by atoms with Gasteiger partial charge in [0.05, 0.1) is 24.1 Å². The summed E-state index contributed by atoms with van der Waals surface area (Å²) in [5.74, 6) is 0.788. The minimum absolute atomic E-state index is 0.0960. The van der Waals surface area contributed by atoms with E-state index in [2.05, 4.69) is 41.2 Å². The quantitative estimate of drug-likeness (QED) is 0.389. The molecule has 224 valence electrons. The van der Waals surface area contributed by atoms with E-state index in [-0.39, 0.29) is 18.2 Å². The molecule has 3 heterocycles. The number of fused-ring (bicyclic) bond motifs is 3. The maximum atomic E-state index is 13.1. The number of benzene rings is 2. The van der Waals surface area contributed by atoms with E-state index in [0.29, 0.717) is 37.8 Å². The third kappa shape index (κ3) is 5.64. The highest BCUT2D eigenvalue weighted by Crippen LogP contribution is 2.48. The number of nitrogens with zero attached hydrogens (tertiary/aromatic N) is 5. The summed E-state index contributed by atoms with van der Waals surface area (Å²) in [6, 6.07) is 17.5. The molecule has 2 aromatic carbocycles. The molecule has 1 spiro atoms. The lowest BCUT2D eigenvalue weighted by Crippen LogP contribution is -2.55. The summed E-state index contributed by atoms with van der Waals surface area (Å²) in [5.41, 5.74) is 4.67. The SMILES string of the molecule is Cc1cccc2c1C1(CCC2)CCc2c(nc(S(C)(=O)=O)nc2N2CCN(C(=O)OCc3ccccc3)[C@@H](CC#N)C2)O1. The van der Waals surface area contributed by atoms with Crippen LogP contribution in [0.5, 0.6) is 5.88 Å². The standard InChI is InChI=1S/C32H35N5O5S/c1-22-8-6-11-24-12-7-15-32(27(22)24)16-13-26-28(34-30(43(2,39)40)35-29(26)42-32)36-18-19-37(25(20-36)14-17-33)31(38)41-21-23-9-4-3-5-10-23/h3-6,8-11,25H,7,12-16,18-21H2,1-2H3/t25-,32?/m0/s1. The molecule has 6 rings (SSSR count). The summed E-state index contributed by atoms with van der Waals surface area (Å²) in [6.45, 7) is 3.22. The van der Waals surface area contributed by atoms with Crippen molar-refractivity contribution in [1.82, 2.24) is 14.9 Å². The van der Waals surface area contributed by atoms with Crippen molar-refractivity contribution in [2.75, 3.05) is 30.8 Å². The molecule has 10 nitrogen and oxygen atoms in total. The molecule has 11 heteroatoms. The molecule has 2 atom stereocenters. The zero-order valence-corrected chi connectivity index (χ0v) is 25.3. The number of carbonyl (C=O) groups excluding carboxylic acids is 1. The Bertz CT molecular complexity index is 1690. The Hall–Kier alpha value is -4.17. The van der Waals surface area contributed by atoms with Gasteiger partial charge in [-0.15, -0.1) is 0 Å². The monoisotopic (exact) mass is 601 g/mol. The summed E-state index contributed by atoms with van der Waals surface area (Å²) >= 11 is 0. The number of hydrogen-bond donors (Lipinski definition) is 0. The number of nitriles is 1. The number of anilines is 1. The van der Waals surface area contributed by atoms with Gasteiger partial charge in [0.25, 0.3) is 5.16 Å². The first-order valence-electron chi connectivity index (χ1n) is 14.7. The number of ether oxygens (including phenoxy) is 2. The molecule has 1 aromatic heterocycles. The lowest BCUT2D eigenvalue weighted by Gasteiger charge is -2.45. The Kier molecular flexibility index (Phi) is 7.73. The third-order valence-corrected chi connectivity index (χ3v) is 9.57. The van der Waals surface area contributed by atoms with Gasteiger partial charge in [-0.3, -0.25) is 0 Å². The first-order valence-corrected chi connectivity index (χ1v) is 16.6. The zero-order valence-electron chi connectivity index (χ0n) is 24.5. The molecule has 0 N–H and O–H groups in total. The van der Waals surface area contributed by atoms with Crippen molar-refractivity contribution in [2.24, 2.45) is 0 Å². The Balaban J connectivity index is 1.30. The minimum atomic E-state index is -3.76. The second-order valence-corrected chi connectivity index (χ2v) is 13.5. The van der Waals surface area contributed by atoms with E-state index in [1.807, 2.05) is 35.2 Å². The van der Waals surface area contributed by atoms with Crippen molar-refractivity contribution in [3.8, 4) is 11.9 Å². The van der Waals surface area contributed by atoms with Gasteiger partial charge in [0, 0.05) is 31.5 Å². The van der Waals surface area contributed by atoms with E-state index < -0.39 is 27.6 Å². The van der Waals surface area contributed by atoms with Gasteiger partial charge in [-0.2, -0.15) is 10.2 Å². The van der Waals surface area contributed by atoms with Crippen molar-refractivity contribution in [1.29, 1.82) is 5.26 Å². The second kappa shape index (κ2) is 11.5. The van der Waals surface area contributed by atoms with Crippen molar-refractivity contribution in [2.45, 2.75) is 68.9 Å². The summed E-state index contributed by atoms with van der Waals surface area (Å²) in [7, 11) is -3.76. The molecular weight excluding hydrogens is 566 g/mol. The molecule has 2 aliphatic heterocycles. The molecular formula is C32H35N5O5S. The van der Waals surface area contributed by atoms with E-state index in [4.69, 9.17) is 9.47 Å². The van der Waals surface area contributed by atoms with E-state index in [1.165, 1.54) is 11.1 Å². The number of hydrogen-bond acceptors (Lipinski definition) is 9. The van der Waals surface area contributed by atoms with Crippen LogP contribution < -0.4 is 9.64 Å². The van der Waals surface area contributed by atoms with E-state index in [1.54, 1.807) is 4.90 Å². The Morgan fingerprint density at radius 1 is 1.12 bits per heavy atom. The smallest absolute Gasteiger partial charge is 0.410 e. The molecule has 0 saturated carbocycles. The number of carbonyl (C=O) groups is 1. The number of aromatic nitrogens is 2. The van der Waals surface area contributed by atoms with Gasteiger partial charge in [0.15, 0.2) is 0 Å². The largest absolute Gasteiger partial charge is 0.466 e. The van der Waals surface area contributed by atoms with Crippen LogP contribution in [-0.2, 0) is 39.6 Å². The summed E-state index contributed by atoms with van der Waals surface area (Å²) < 4.78 is 37.9. The second-order valence-electron chi connectivity index (χ2n) is 11.6. The van der Waals surface area contributed by atoms with Crippen LogP contribution in [0.1, 0.15) is 53.5 Å². The Morgan fingerprint density at radius 2 is 1.93 bits per heavy atom. The minimum Gasteiger partial charge on any atom is -0.466 e. The normalized spacial score (nSPS) is 21.4. The predicted molar refractivity (Wildman–Crippen MR) is 159 cm³/mol. The van der Waals surface area contributed by atoms with Crippen LogP contribution in [0.25, 0.3) is 0 Å². The van der Waals surface area contributed by atoms with E-state index >= 15 is 0 Å². The summed E-state index contributed by atoms with van der Waals surface area (Å²) in [4.78, 5) is 25.6. The molecule has 1 saturated heterocycles. The lowest BCUT2D eigenvalue weighted by molar-refractivity contribution is 0.0185. The van der Waals surface area contributed by atoms with Gasteiger partial charge < -0.3 is 19.3 Å².